The Hall–Kier alpha value is -0.440. The largest absolute Gasteiger partial charge is 0.394 e. The molecule has 1 aliphatic heterocycles. The second kappa shape index (κ2) is 20.5. The predicted molar refractivity (Wildman–Crippen MR) is 138 cm³/mol. The van der Waals surface area contributed by atoms with Gasteiger partial charge in [0, 0.05) is 6.54 Å². The first-order valence-corrected chi connectivity index (χ1v) is 14.1. The van der Waals surface area contributed by atoms with E-state index in [2.05, 4.69) is 12.2 Å². The van der Waals surface area contributed by atoms with Crippen molar-refractivity contribution in [3.05, 3.63) is 0 Å². The minimum Gasteiger partial charge on any atom is -0.394 e. The minimum atomic E-state index is -1.75. The number of hydrogen-bond donors (Lipinski definition) is 9. The SMILES string of the molecule is CCCCCCCCCCCCCCNC[C@H](O)[C@@H](O)[C@H](O[C@@H]1O[C@H](CO)[C@H](O)[C@H](O)[C@H]1O)[C@H](O)CO. The number of hydrogen-bond acceptors (Lipinski definition) is 11. The highest BCUT2D eigenvalue weighted by Crippen LogP contribution is 2.25. The summed E-state index contributed by atoms with van der Waals surface area (Å²) in [6.07, 6.45) is 0.714. The molecular weight excluding hydrogens is 486 g/mol. The molecule has 0 aliphatic carbocycles. The number of unbranched alkanes of at least 4 members (excludes halogenated alkanes) is 11. The summed E-state index contributed by atoms with van der Waals surface area (Å²) in [6.45, 7) is 1.39. The molecule has 11 nitrogen and oxygen atoms in total. The molecule has 1 rings (SSSR count). The van der Waals surface area contributed by atoms with Gasteiger partial charge in [-0.1, -0.05) is 77.6 Å². The Labute approximate surface area is 221 Å². The van der Waals surface area contributed by atoms with E-state index in [9.17, 15) is 40.9 Å². The van der Waals surface area contributed by atoms with Crippen molar-refractivity contribution in [1.29, 1.82) is 0 Å². The first-order chi connectivity index (χ1) is 17.8. The van der Waals surface area contributed by atoms with Crippen LogP contribution in [0.1, 0.15) is 84.0 Å². The summed E-state index contributed by atoms with van der Waals surface area (Å²) in [7, 11) is 0. The normalized spacial score (nSPS) is 27.6. The summed E-state index contributed by atoms with van der Waals surface area (Å²) in [5.74, 6) is 0. The van der Waals surface area contributed by atoms with Gasteiger partial charge in [-0.05, 0) is 13.0 Å². The van der Waals surface area contributed by atoms with Crippen molar-refractivity contribution in [1.82, 2.24) is 5.32 Å². The summed E-state index contributed by atoms with van der Waals surface area (Å²) < 4.78 is 10.7. The zero-order chi connectivity index (χ0) is 27.6. The average molecular weight is 540 g/mol. The van der Waals surface area contributed by atoms with Crippen LogP contribution in [0, 0.1) is 0 Å². The molecule has 222 valence electrons. The van der Waals surface area contributed by atoms with Crippen LogP contribution in [0.5, 0.6) is 0 Å². The van der Waals surface area contributed by atoms with E-state index in [-0.39, 0.29) is 6.54 Å². The lowest BCUT2D eigenvalue weighted by atomic mass is 9.98. The smallest absolute Gasteiger partial charge is 0.187 e. The summed E-state index contributed by atoms with van der Waals surface area (Å²) in [6, 6.07) is 0. The van der Waals surface area contributed by atoms with E-state index in [0.717, 1.165) is 19.3 Å². The van der Waals surface area contributed by atoms with Crippen molar-refractivity contribution in [2.45, 2.75) is 139 Å². The average Bonchev–Trinajstić information content (AvgIpc) is 2.90. The van der Waals surface area contributed by atoms with Crippen molar-refractivity contribution < 1.29 is 50.3 Å². The molecular formula is C26H53NO10. The van der Waals surface area contributed by atoms with Gasteiger partial charge in [-0.3, -0.25) is 0 Å². The van der Waals surface area contributed by atoms with E-state index < -0.39 is 68.3 Å². The van der Waals surface area contributed by atoms with Crippen molar-refractivity contribution in [3.63, 3.8) is 0 Å². The van der Waals surface area contributed by atoms with Gasteiger partial charge in [-0.15, -0.1) is 0 Å². The van der Waals surface area contributed by atoms with Gasteiger partial charge >= 0.3 is 0 Å². The van der Waals surface area contributed by atoms with E-state index >= 15 is 0 Å². The fourth-order valence-corrected chi connectivity index (χ4v) is 4.52. The predicted octanol–water partition coefficient (Wildman–Crippen LogP) is -0.463. The molecule has 0 saturated carbocycles. The lowest BCUT2D eigenvalue weighted by Crippen LogP contribution is -2.61. The van der Waals surface area contributed by atoms with E-state index in [1.165, 1.54) is 57.8 Å². The molecule has 37 heavy (non-hydrogen) atoms. The highest BCUT2D eigenvalue weighted by molar-refractivity contribution is 4.91. The topological polar surface area (TPSA) is 192 Å². The Kier molecular flexibility index (Phi) is 19.1. The fraction of sp³-hybridized carbons (Fsp3) is 1.00. The third-order valence-electron chi connectivity index (χ3n) is 7.00. The molecule has 1 heterocycles. The zero-order valence-corrected chi connectivity index (χ0v) is 22.4. The number of nitrogens with one attached hydrogen (secondary N) is 1. The van der Waals surface area contributed by atoms with Gasteiger partial charge in [0.15, 0.2) is 6.29 Å². The number of rotatable bonds is 22. The monoisotopic (exact) mass is 539 g/mol. The van der Waals surface area contributed by atoms with Crippen LogP contribution < -0.4 is 5.32 Å². The molecule has 9 atom stereocenters. The Bertz CT molecular complexity index is 543. The first-order valence-electron chi connectivity index (χ1n) is 14.1. The molecule has 0 spiro atoms. The molecule has 1 fully saturated rings. The molecule has 0 aromatic carbocycles. The summed E-state index contributed by atoms with van der Waals surface area (Å²) in [5, 5.41) is 82.7. The second-order valence-corrected chi connectivity index (χ2v) is 10.2. The van der Waals surface area contributed by atoms with Gasteiger partial charge < -0.3 is 55.6 Å². The first kappa shape index (κ1) is 34.6. The van der Waals surface area contributed by atoms with Crippen LogP contribution in [0.15, 0.2) is 0 Å². The Balaban J connectivity index is 2.30. The molecule has 0 aromatic heterocycles. The molecule has 1 aliphatic rings. The maximum absolute atomic E-state index is 10.6. The Morgan fingerprint density at radius 3 is 1.78 bits per heavy atom. The lowest BCUT2D eigenvalue weighted by Gasteiger charge is -2.42. The quantitative estimate of drug-likeness (QED) is 0.0808. The molecule has 0 radical (unpaired) electrons. The van der Waals surface area contributed by atoms with Crippen LogP contribution >= 0.6 is 0 Å². The molecule has 11 heteroatoms. The summed E-state index contributed by atoms with van der Waals surface area (Å²) in [5.41, 5.74) is 0. The van der Waals surface area contributed by atoms with Crippen LogP contribution in [0.25, 0.3) is 0 Å². The van der Waals surface area contributed by atoms with Gasteiger partial charge in [-0.2, -0.15) is 0 Å². The van der Waals surface area contributed by atoms with Crippen LogP contribution in [0.2, 0.25) is 0 Å². The minimum absolute atomic E-state index is 0.00584. The lowest BCUT2D eigenvalue weighted by molar-refractivity contribution is -0.327. The Morgan fingerprint density at radius 1 is 0.730 bits per heavy atom. The molecule has 0 unspecified atom stereocenters. The number of aliphatic hydroxyl groups is 8. The van der Waals surface area contributed by atoms with Crippen LogP contribution in [0.3, 0.4) is 0 Å². The van der Waals surface area contributed by atoms with Gasteiger partial charge in [0.1, 0.15) is 42.7 Å². The third-order valence-corrected chi connectivity index (χ3v) is 7.00. The van der Waals surface area contributed by atoms with E-state index in [1.807, 2.05) is 0 Å². The van der Waals surface area contributed by atoms with E-state index in [0.29, 0.717) is 6.54 Å². The van der Waals surface area contributed by atoms with Gasteiger partial charge in [0.05, 0.1) is 19.3 Å². The van der Waals surface area contributed by atoms with Crippen LogP contribution in [0.4, 0.5) is 0 Å². The molecule has 0 aromatic rings. The maximum atomic E-state index is 10.6. The third kappa shape index (κ3) is 13.0. The zero-order valence-electron chi connectivity index (χ0n) is 22.4. The highest BCUT2D eigenvalue weighted by Gasteiger charge is 2.46. The summed E-state index contributed by atoms with van der Waals surface area (Å²) in [4.78, 5) is 0. The highest BCUT2D eigenvalue weighted by atomic mass is 16.7. The van der Waals surface area contributed by atoms with E-state index in [1.54, 1.807) is 0 Å². The van der Waals surface area contributed by atoms with Crippen LogP contribution in [-0.2, 0) is 9.47 Å². The molecule has 9 N–H and O–H groups in total. The molecule has 0 bridgehead atoms. The maximum Gasteiger partial charge on any atom is 0.187 e. The van der Waals surface area contributed by atoms with Gasteiger partial charge in [0.2, 0.25) is 0 Å². The van der Waals surface area contributed by atoms with Crippen LogP contribution in [-0.4, -0.2) is 122 Å². The van der Waals surface area contributed by atoms with E-state index in [4.69, 9.17) is 9.47 Å². The van der Waals surface area contributed by atoms with Gasteiger partial charge in [0.25, 0.3) is 0 Å². The van der Waals surface area contributed by atoms with Crippen molar-refractivity contribution in [2.24, 2.45) is 0 Å². The Morgan fingerprint density at radius 2 is 1.27 bits per heavy atom. The van der Waals surface area contributed by atoms with Crippen molar-refractivity contribution >= 4 is 0 Å². The fourth-order valence-electron chi connectivity index (χ4n) is 4.52. The summed E-state index contributed by atoms with van der Waals surface area (Å²) >= 11 is 0. The molecule has 1 saturated heterocycles. The van der Waals surface area contributed by atoms with Crippen molar-refractivity contribution in [2.75, 3.05) is 26.3 Å². The van der Waals surface area contributed by atoms with Crippen molar-refractivity contribution in [3.8, 4) is 0 Å². The molecule has 0 amide bonds. The second-order valence-electron chi connectivity index (χ2n) is 10.2. The number of ether oxygens (including phenoxy) is 2. The van der Waals surface area contributed by atoms with Gasteiger partial charge in [-0.25, -0.2) is 0 Å². The number of aliphatic hydroxyl groups excluding tert-OH is 8. The standard InChI is InChI=1S/C26H53NO10/c1-2-3-4-5-6-7-8-9-10-11-12-13-14-27-15-18(30)21(32)25(19(31)16-28)37-26-24(35)23(34)22(33)20(17-29)36-26/h18-35H,2-17H2,1H3/t18-,19+,20+,21+,22-,23-,24+,25+,26-/m0/s1.